The topological polar surface area (TPSA) is 73.8 Å². The van der Waals surface area contributed by atoms with Crippen LogP contribution >= 0.6 is 11.9 Å². The summed E-state index contributed by atoms with van der Waals surface area (Å²) >= 11 is 1.64. The molecule has 1 N–H and O–H groups in total. The number of hydrogen-bond acceptors (Lipinski definition) is 8. The number of amides is 1. The molecule has 2 aromatic rings. The van der Waals surface area contributed by atoms with E-state index >= 15 is 0 Å². The lowest BCUT2D eigenvalue weighted by atomic mass is 9.93. The van der Waals surface area contributed by atoms with E-state index in [4.69, 9.17) is 4.74 Å². The molecule has 11 heteroatoms. The summed E-state index contributed by atoms with van der Waals surface area (Å²) in [7, 11) is 0. The van der Waals surface area contributed by atoms with Crippen LogP contribution in [0.15, 0.2) is 24.3 Å². The molecule has 8 nitrogen and oxygen atoms in total. The van der Waals surface area contributed by atoms with Crippen LogP contribution in [0.3, 0.4) is 0 Å². The molecule has 0 unspecified atom stereocenters. The number of nitrogens with one attached hydrogen (secondary N) is 1. The zero-order valence-electron chi connectivity index (χ0n) is 21.7. The van der Waals surface area contributed by atoms with Gasteiger partial charge in [-0.05, 0) is 68.2 Å². The van der Waals surface area contributed by atoms with Crippen molar-refractivity contribution in [2.45, 2.75) is 51.4 Å². The molecule has 1 amide bonds. The van der Waals surface area contributed by atoms with Crippen LogP contribution in [0.2, 0.25) is 0 Å². The Hall–Kier alpha value is -2.66. The van der Waals surface area contributed by atoms with E-state index in [1.807, 2.05) is 19.1 Å². The molecule has 1 aromatic heterocycles. The van der Waals surface area contributed by atoms with Gasteiger partial charge < -0.3 is 24.2 Å². The number of ether oxygens (including phenoxy) is 1. The van der Waals surface area contributed by atoms with Crippen LogP contribution in [0, 0.1) is 12.3 Å². The molecule has 1 aromatic carbocycles. The summed E-state index contributed by atoms with van der Waals surface area (Å²) in [6.45, 7) is 5.55. The van der Waals surface area contributed by atoms with Crippen molar-refractivity contribution in [2.24, 2.45) is 5.41 Å². The van der Waals surface area contributed by atoms with Gasteiger partial charge in [-0.15, -0.1) is 0 Å². The minimum atomic E-state index is -2.65. The van der Waals surface area contributed by atoms with Crippen LogP contribution in [0.1, 0.15) is 54.6 Å². The predicted octanol–water partition coefficient (Wildman–Crippen LogP) is 5.10. The Morgan fingerprint density at radius 1 is 0.974 bits per heavy atom. The molecule has 204 valence electrons. The number of aromatic nitrogens is 2. The summed E-state index contributed by atoms with van der Waals surface area (Å²) in [6, 6.07) is 7.74. The lowest BCUT2D eigenvalue weighted by Gasteiger charge is -2.36. The van der Waals surface area contributed by atoms with E-state index in [1.54, 1.807) is 22.9 Å². The van der Waals surface area contributed by atoms with Gasteiger partial charge in [0.05, 0.1) is 24.4 Å². The molecule has 0 bridgehead atoms. The number of rotatable bonds is 5. The molecule has 1 aliphatic carbocycles. The number of hydrogen-bond donors (Lipinski definition) is 1. The fraction of sp³-hybridized carbons (Fsp3) is 0.593. The lowest BCUT2D eigenvalue weighted by molar-refractivity contribution is -0.0222. The summed E-state index contributed by atoms with van der Waals surface area (Å²) in [4.78, 5) is 26.7. The van der Waals surface area contributed by atoms with Crippen molar-refractivity contribution in [3.8, 4) is 0 Å². The van der Waals surface area contributed by atoms with Gasteiger partial charge in [0.2, 0.25) is 5.95 Å². The molecule has 0 atom stereocenters. The standard InChI is InChI=1S/C27H34F2N6O2S/c1-19-16-23(32-25(30-19)34-12-8-27(28,29)9-13-34)31-24(36)21-3-2-20(35-14-15-37-18-38-35)17-22(21)33-10-6-26(4-5-26)7-11-33/h2-3,16-17H,4-15,18H2,1H3,(H,30,31,32,36). The van der Waals surface area contributed by atoms with Crippen molar-refractivity contribution in [3.05, 3.63) is 35.5 Å². The molecule has 1 saturated carbocycles. The lowest BCUT2D eigenvalue weighted by Crippen LogP contribution is -2.40. The van der Waals surface area contributed by atoms with E-state index in [0.29, 0.717) is 41.0 Å². The zero-order chi connectivity index (χ0) is 26.3. The van der Waals surface area contributed by atoms with Crippen LogP contribution in [-0.2, 0) is 4.74 Å². The summed E-state index contributed by atoms with van der Waals surface area (Å²) in [6.07, 6.45) is 4.52. The zero-order valence-corrected chi connectivity index (χ0v) is 22.5. The normalized spacial score (nSPS) is 22.4. The number of nitrogens with zero attached hydrogens (tertiary/aromatic N) is 5. The first kappa shape index (κ1) is 25.6. The third-order valence-electron chi connectivity index (χ3n) is 8.23. The van der Waals surface area contributed by atoms with E-state index in [0.717, 1.165) is 43.9 Å². The fourth-order valence-corrected chi connectivity index (χ4v) is 6.36. The Morgan fingerprint density at radius 2 is 1.71 bits per heavy atom. The summed E-state index contributed by atoms with van der Waals surface area (Å²) in [5, 5.41) is 2.97. The van der Waals surface area contributed by atoms with Crippen LogP contribution in [-0.4, -0.2) is 67.1 Å². The van der Waals surface area contributed by atoms with Gasteiger partial charge in [0.25, 0.3) is 11.8 Å². The van der Waals surface area contributed by atoms with Crippen molar-refractivity contribution in [3.63, 3.8) is 0 Å². The second kappa shape index (κ2) is 10.1. The molecule has 38 heavy (non-hydrogen) atoms. The second-order valence-electron chi connectivity index (χ2n) is 10.9. The minimum absolute atomic E-state index is 0.186. The third kappa shape index (κ3) is 5.54. The van der Waals surface area contributed by atoms with Gasteiger partial charge in [-0.25, -0.2) is 13.8 Å². The Bertz CT molecular complexity index is 1180. The van der Waals surface area contributed by atoms with Crippen LogP contribution in [0.5, 0.6) is 0 Å². The Morgan fingerprint density at radius 3 is 2.39 bits per heavy atom. The van der Waals surface area contributed by atoms with Gasteiger partial charge in [-0.1, -0.05) is 0 Å². The van der Waals surface area contributed by atoms with Crippen molar-refractivity contribution >= 4 is 41.0 Å². The number of anilines is 4. The predicted molar refractivity (Wildman–Crippen MR) is 146 cm³/mol. The van der Waals surface area contributed by atoms with E-state index in [1.165, 1.54) is 12.8 Å². The first-order valence-corrected chi connectivity index (χ1v) is 14.4. The maximum Gasteiger partial charge on any atom is 0.258 e. The average molecular weight is 545 g/mol. The van der Waals surface area contributed by atoms with Gasteiger partial charge in [0, 0.05) is 56.5 Å². The largest absolute Gasteiger partial charge is 0.371 e. The van der Waals surface area contributed by atoms with Crippen molar-refractivity contribution in [1.82, 2.24) is 9.97 Å². The van der Waals surface area contributed by atoms with Gasteiger partial charge in [0.1, 0.15) is 11.8 Å². The first-order chi connectivity index (χ1) is 18.3. The van der Waals surface area contributed by atoms with Crippen LogP contribution < -0.4 is 19.4 Å². The minimum Gasteiger partial charge on any atom is -0.371 e. The maximum absolute atomic E-state index is 13.7. The molecule has 3 aliphatic heterocycles. The summed E-state index contributed by atoms with van der Waals surface area (Å²) in [5.74, 6) is -1.51. The SMILES string of the molecule is Cc1cc(NC(=O)c2ccc(N3CCOCS3)cc2N2CCC3(CC2)CC3)nc(N2CCC(F)(F)CC2)n1. The third-order valence-corrected chi connectivity index (χ3v) is 9.21. The number of piperidine rings is 2. The van der Waals surface area contributed by atoms with Crippen molar-refractivity contribution in [2.75, 3.05) is 64.7 Å². The smallest absolute Gasteiger partial charge is 0.258 e. The molecule has 0 radical (unpaired) electrons. The molecule has 6 rings (SSSR count). The van der Waals surface area contributed by atoms with Gasteiger partial charge in [-0.2, -0.15) is 4.98 Å². The van der Waals surface area contributed by atoms with Gasteiger partial charge in [0.15, 0.2) is 0 Å². The first-order valence-electron chi connectivity index (χ1n) is 13.5. The van der Waals surface area contributed by atoms with Crippen molar-refractivity contribution < 1.29 is 18.3 Å². The number of halogens is 2. The number of carbonyl (C=O) groups is 1. The summed E-state index contributed by atoms with van der Waals surface area (Å²) < 4.78 is 35.0. The Balaban J connectivity index is 1.24. The molecule has 4 heterocycles. The highest BCUT2D eigenvalue weighted by Crippen LogP contribution is 2.54. The number of benzene rings is 1. The average Bonchev–Trinajstić information content (AvgIpc) is 3.67. The summed E-state index contributed by atoms with van der Waals surface area (Å²) in [5.41, 5.74) is 3.82. The molecule has 3 saturated heterocycles. The highest BCUT2D eigenvalue weighted by atomic mass is 32.2. The van der Waals surface area contributed by atoms with Gasteiger partial charge in [-0.3, -0.25) is 4.79 Å². The number of aryl methyl sites for hydroxylation is 1. The number of alkyl halides is 2. The monoisotopic (exact) mass is 544 g/mol. The second-order valence-corrected chi connectivity index (χ2v) is 11.9. The van der Waals surface area contributed by atoms with E-state index in [-0.39, 0.29) is 31.8 Å². The van der Waals surface area contributed by atoms with E-state index in [9.17, 15) is 13.6 Å². The van der Waals surface area contributed by atoms with Crippen LogP contribution in [0.25, 0.3) is 0 Å². The van der Waals surface area contributed by atoms with Gasteiger partial charge >= 0.3 is 0 Å². The highest BCUT2D eigenvalue weighted by molar-refractivity contribution is 8.00. The Kier molecular flexibility index (Phi) is 6.84. The molecule has 4 fully saturated rings. The highest BCUT2D eigenvalue weighted by Gasteiger charge is 2.44. The molecule has 4 aliphatic rings. The molecule has 1 spiro atoms. The van der Waals surface area contributed by atoms with Crippen molar-refractivity contribution in [1.29, 1.82) is 0 Å². The molecular weight excluding hydrogens is 510 g/mol. The quantitative estimate of drug-likeness (QED) is 0.522. The van der Waals surface area contributed by atoms with E-state index < -0.39 is 5.92 Å². The fourth-order valence-electron chi connectivity index (χ4n) is 5.58. The maximum atomic E-state index is 13.7. The Labute approximate surface area is 226 Å². The number of carbonyl (C=O) groups excluding carboxylic acids is 1. The van der Waals surface area contributed by atoms with Crippen LogP contribution in [0.4, 0.5) is 31.9 Å². The molecular formula is C27H34F2N6O2S. The van der Waals surface area contributed by atoms with E-state index in [2.05, 4.69) is 30.6 Å².